The minimum atomic E-state index is -0.333. The number of amides is 1. The quantitative estimate of drug-likeness (QED) is 0.771. The number of benzene rings is 1. The molecule has 2 aromatic rings. The summed E-state index contributed by atoms with van der Waals surface area (Å²) in [7, 11) is 0. The van der Waals surface area contributed by atoms with Crippen LogP contribution in [0.3, 0.4) is 0 Å². The van der Waals surface area contributed by atoms with Gasteiger partial charge in [-0.05, 0) is 30.7 Å². The van der Waals surface area contributed by atoms with E-state index >= 15 is 0 Å². The summed E-state index contributed by atoms with van der Waals surface area (Å²) in [6.45, 7) is 0.526. The molecule has 1 aromatic carbocycles. The first-order valence-corrected chi connectivity index (χ1v) is 6.92. The van der Waals surface area contributed by atoms with Crippen LogP contribution in [-0.2, 0) is 11.2 Å². The van der Waals surface area contributed by atoms with Gasteiger partial charge in [0.2, 0.25) is 5.91 Å². The number of carbonyl (C=O) groups is 1. The average molecular weight is 291 g/mol. The Morgan fingerprint density at radius 3 is 2.81 bits per heavy atom. The van der Waals surface area contributed by atoms with Crippen LogP contribution in [0.4, 0.5) is 4.39 Å². The first-order chi connectivity index (χ1) is 10.2. The molecule has 0 aliphatic rings. The van der Waals surface area contributed by atoms with E-state index in [-0.39, 0.29) is 18.3 Å². The molecule has 2 rings (SSSR count). The van der Waals surface area contributed by atoms with Gasteiger partial charge in [0.05, 0.1) is 5.56 Å². The number of furan rings is 1. The van der Waals surface area contributed by atoms with Crippen molar-refractivity contribution in [2.75, 3.05) is 13.2 Å². The summed E-state index contributed by atoms with van der Waals surface area (Å²) in [5.41, 5.74) is 0.413. The Bertz CT molecular complexity index is 595. The zero-order valence-corrected chi connectivity index (χ0v) is 11.6. The Balaban J connectivity index is 1.89. The number of hydrogen-bond acceptors (Lipinski definition) is 3. The van der Waals surface area contributed by atoms with Crippen LogP contribution in [0.25, 0.3) is 11.3 Å². The number of aliphatic hydroxyl groups is 1. The van der Waals surface area contributed by atoms with Crippen LogP contribution in [0.15, 0.2) is 40.8 Å². The molecule has 0 unspecified atom stereocenters. The van der Waals surface area contributed by atoms with E-state index < -0.39 is 0 Å². The zero-order valence-electron chi connectivity index (χ0n) is 11.6. The van der Waals surface area contributed by atoms with Crippen molar-refractivity contribution < 1.29 is 18.7 Å². The summed E-state index contributed by atoms with van der Waals surface area (Å²) < 4.78 is 19.2. The van der Waals surface area contributed by atoms with Crippen LogP contribution >= 0.6 is 0 Å². The van der Waals surface area contributed by atoms with Gasteiger partial charge in [-0.1, -0.05) is 12.1 Å². The van der Waals surface area contributed by atoms with E-state index in [9.17, 15) is 9.18 Å². The third-order valence-electron chi connectivity index (χ3n) is 3.06. The van der Waals surface area contributed by atoms with Gasteiger partial charge in [0.25, 0.3) is 0 Å². The molecule has 0 fully saturated rings. The van der Waals surface area contributed by atoms with E-state index in [1.54, 1.807) is 30.3 Å². The molecule has 21 heavy (non-hydrogen) atoms. The van der Waals surface area contributed by atoms with Crippen LogP contribution in [0.1, 0.15) is 18.6 Å². The van der Waals surface area contributed by atoms with Crippen LogP contribution < -0.4 is 5.32 Å². The number of halogens is 1. The fraction of sp³-hybridized carbons (Fsp3) is 0.312. The number of rotatable bonds is 7. The first-order valence-electron chi connectivity index (χ1n) is 6.92. The summed E-state index contributed by atoms with van der Waals surface area (Å²) in [5.74, 6) is 0.682. The molecule has 2 N–H and O–H groups in total. The van der Waals surface area contributed by atoms with E-state index in [1.165, 1.54) is 6.07 Å². The lowest BCUT2D eigenvalue weighted by Crippen LogP contribution is -2.25. The van der Waals surface area contributed by atoms with E-state index in [0.717, 1.165) is 0 Å². The molecule has 1 heterocycles. The fourth-order valence-corrected chi connectivity index (χ4v) is 1.95. The highest BCUT2D eigenvalue weighted by Crippen LogP contribution is 2.25. The molecule has 0 atom stereocenters. The highest BCUT2D eigenvalue weighted by Gasteiger charge is 2.10. The maximum absolute atomic E-state index is 13.6. The van der Waals surface area contributed by atoms with Gasteiger partial charge in [-0.25, -0.2) is 4.39 Å². The second-order valence-corrected chi connectivity index (χ2v) is 4.67. The second kappa shape index (κ2) is 7.59. The van der Waals surface area contributed by atoms with Crippen molar-refractivity contribution in [2.24, 2.45) is 0 Å². The summed E-state index contributed by atoms with van der Waals surface area (Å²) in [6, 6.07) is 9.86. The lowest BCUT2D eigenvalue weighted by atomic mass is 10.1. The topological polar surface area (TPSA) is 62.5 Å². The molecule has 0 saturated carbocycles. The Morgan fingerprint density at radius 1 is 1.24 bits per heavy atom. The van der Waals surface area contributed by atoms with Crippen LogP contribution in [0.5, 0.6) is 0 Å². The third-order valence-corrected chi connectivity index (χ3v) is 3.06. The van der Waals surface area contributed by atoms with Crippen molar-refractivity contribution in [3.63, 3.8) is 0 Å². The predicted molar refractivity (Wildman–Crippen MR) is 77.1 cm³/mol. The smallest absolute Gasteiger partial charge is 0.220 e. The number of carbonyl (C=O) groups excluding carboxylic acids is 1. The zero-order chi connectivity index (χ0) is 15.1. The highest BCUT2D eigenvalue weighted by molar-refractivity contribution is 5.76. The van der Waals surface area contributed by atoms with Crippen molar-refractivity contribution in [3.05, 3.63) is 48.0 Å². The van der Waals surface area contributed by atoms with Crippen molar-refractivity contribution in [1.82, 2.24) is 5.32 Å². The largest absolute Gasteiger partial charge is 0.461 e. The van der Waals surface area contributed by atoms with Gasteiger partial charge >= 0.3 is 0 Å². The normalized spacial score (nSPS) is 10.6. The SMILES string of the molecule is O=C(CCc1ccc(-c2ccccc2F)o1)NCCCO. The summed E-state index contributed by atoms with van der Waals surface area (Å²) in [4.78, 5) is 11.5. The molecule has 0 aliphatic heterocycles. The van der Waals surface area contributed by atoms with Gasteiger partial charge < -0.3 is 14.8 Å². The van der Waals surface area contributed by atoms with Crippen LogP contribution in [0.2, 0.25) is 0 Å². The number of nitrogens with one attached hydrogen (secondary N) is 1. The third kappa shape index (κ3) is 4.43. The van der Waals surface area contributed by atoms with Crippen molar-refractivity contribution in [3.8, 4) is 11.3 Å². The van der Waals surface area contributed by atoms with Crippen molar-refractivity contribution >= 4 is 5.91 Å². The summed E-state index contributed by atoms with van der Waals surface area (Å²) >= 11 is 0. The monoisotopic (exact) mass is 291 g/mol. The molecule has 112 valence electrons. The molecule has 0 bridgehead atoms. The molecule has 0 spiro atoms. The molecular weight excluding hydrogens is 273 g/mol. The molecule has 5 heteroatoms. The number of aryl methyl sites for hydroxylation is 1. The van der Waals surface area contributed by atoms with E-state index in [2.05, 4.69) is 5.32 Å². The lowest BCUT2D eigenvalue weighted by molar-refractivity contribution is -0.121. The standard InChI is InChI=1S/C16H18FNO3/c17-14-5-2-1-4-13(14)15-8-6-12(21-15)7-9-16(20)18-10-3-11-19/h1-2,4-6,8,19H,3,7,9-11H2,(H,18,20). The molecule has 0 radical (unpaired) electrons. The molecule has 0 saturated heterocycles. The Hall–Kier alpha value is -2.14. The van der Waals surface area contributed by atoms with Gasteiger partial charge in [0, 0.05) is 26.0 Å². The summed E-state index contributed by atoms with van der Waals surface area (Å²) in [5, 5.41) is 11.3. The first kappa shape index (κ1) is 15.3. The minimum absolute atomic E-state index is 0.0600. The Morgan fingerprint density at radius 2 is 2.05 bits per heavy atom. The summed E-state index contributed by atoms with van der Waals surface area (Å²) in [6.07, 6.45) is 1.30. The van der Waals surface area contributed by atoms with Gasteiger partial charge in [-0.3, -0.25) is 4.79 Å². The number of hydrogen-bond donors (Lipinski definition) is 2. The molecule has 1 aromatic heterocycles. The maximum Gasteiger partial charge on any atom is 0.220 e. The lowest BCUT2D eigenvalue weighted by Gasteiger charge is -2.02. The predicted octanol–water partition coefficient (Wildman–Crippen LogP) is 2.52. The van der Waals surface area contributed by atoms with E-state index in [4.69, 9.17) is 9.52 Å². The minimum Gasteiger partial charge on any atom is -0.461 e. The molecular formula is C16H18FNO3. The average Bonchev–Trinajstić information content (AvgIpc) is 2.94. The van der Waals surface area contributed by atoms with Crippen molar-refractivity contribution in [2.45, 2.75) is 19.3 Å². The Labute approximate surface area is 122 Å². The Kier molecular flexibility index (Phi) is 5.51. The van der Waals surface area contributed by atoms with Gasteiger partial charge in [-0.2, -0.15) is 0 Å². The fourth-order valence-electron chi connectivity index (χ4n) is 1.95. The second-order valence-electron chi connectivity index (χ2n) is 4.67. The molecule has 4 nitrogen and oxygen atoms in total. The molecule has 1 amide bonds. The number of aliphatic hydroxyl groups excluding tert-OH is 1. The van der Waals surface area contributed by atoms with Crippen molar-refractivity contribution in [1.29, 1.82) is 0 Å². The van der Waals surface area contributed by atoms with Crippen LogP contribution in [-0.4, -0.2) is 24.2 Å². The van der Waals surface area contributed by atoms with E-state index in [0.29, 0.717) is 42.9 Å². The van der Waals surface area contributed by atoms with Gasteiger partial charge in [0.15, 0.2) is 0 Å². The molecule has 0 aliphatic carbocycles. The van der Waals surface area contributed by atoms with E-state index in [1.807, 2.05) is 0 Å². The van der Waals surface area contributed by atoms with Gasteiger partial charge in [-0.15, -0.1) is 0 Å². The van der Waals surface area contributed by atoms with Gasteiger partial charge in [0.1, 0.15) is 17.3 Å². The highest BCUT2D eigenvalue weighted by atomic mass is 19.1. The van der Waals surface area contributed by atoms with Crippen LogP contribution in [0, 0.1) is 5.82 Å². The maximum atomic E-state index is 13.6.